The van der Waals surface area contributed by atoms with Gasteiger partial charge in [0.25, 0.3) is 0 Å². The molecule has 0 saturated carbocycles. The zero-order valence-corrected chi connectivity index (χ0v) is 15.4. The first-order chi connectivity index (χ1) is 13.0. The van der Waals surface area contributed by atoms with E-state index in [9.17, 15) is 14.0 Å². The van der Waals surface area contributed by atoms with Gasteiger partial charge in [0.15, 0.2) is 0 Å². The quantitative estimate of drug-likeness (QED) is 0.686. The molecule has 2 aromatic rings. The van der Waals surface area contributed by atoms with Crippen molar-refractivity contribution in [3.05, 3.63) is 54.3 Å². The summed E-state index contributed by atoms with van der Waals surface area (Å²) >= 11 is 0. The third-order valence-corrected chi connectivity index (χ3v) is 3.84. The standard InChI is InChI=1S/C20H23FN2O4/c1-15(24)23(19-6-4-3-5-18(19)21)13-11-20(25)22-12-14-27-17-9-7-16(26-2)8-10-17/h3-10H,11-14H2,1-2H3,(H,22,25). The molecule has 0 fully saturated rings. The van der Waals surface area contributed by atoms with Gasteiger partial charge in [-0.15, -0.1) is 0 Å². The minimum atomic E-state index is -0.499. The van der Waals surface area contributed by atoms with Gasteiger partial charge in [-0.2, -0.15) is 0 Å². The molecule has 0 saturated heterocycles. The second-order valence-electron chi connectivity index (χ2n) is 5.75. The fourth-order valence-corrected chi connectivity index (χ4v) is 2.45. The summed E-state index contributed by atoms with van der Waals surface area (Å²) in [5.41, 5.74) is 0.167. The molecule has 2 aromatic carbocycles. The molecular weight excluding hydrogens is 351 g/mol. The van der Waals surface area contributed by atoms with Crippen LogP contribution in [0.2, 0.25) is 0 Å². The largest absolute Gasteiger partial charge is 0.497 e. The number of hydrogen-bond donors (Lipinski definition) is 1. The third kappa shape index (κ3) is 6.29. The average molecular weight is 374 g/mol. The summed E-state index contributed by atoms with van der Waals surface area (Å²) in [5, 5.41) is 2.72. The fourth-order valence-electron chi connectivity index (χ4n) is 2.45. The summed E-state index contributed by atoms with van der Waals surface area (Å²) < 4.78 is 24.4. The number of ether oxygens (including phenoxy) is 2. The van der Waals surface area contributed by atoms with Crippen molar-refractivity contribution in [2.24, 2.45) is 0 Å². The van der Waals surface area contributed by atoms with Crippen LogP contribution in [0.4, 0.5) is 10.1 Å². The van der Waals surface area contributed by atoms with Crippen molar-refractivity contribution in [3.8, 4) is 11.5 Å². The van der Waals surface area contributed by atoms with Gasteiger partial charge in [0.1, 0.15) is 23.9 Å². The number of methoxy groups -OCH3 is 1. The van der Waals surface area contributed by atoms with Gasteiger partial charge >= 0.3 is 0 Å². The van der Waals surface area contributed by atoms with E-state index in [1.807, 2.05) is 0 Å². The van der Waals surface area contributed by atoms with Crippen molar-refractivity contribution in [2.45, 2.75) is 13.3 Å². The summed E-state index contributed by atoms with van der Waals surface area (Å²) in [5.74, 6) is 0.348. The highest BCUT2D eigenvalue weighted by atomic mass is 19.1. The lowest BCUT2D eigenvalue weighted by Gasteiger charge is -2.21. The van der Waals surface area contributed by atoms with E-state index in [2.05, 4.69) is 5.32 Å². The lowest BCUT2D eigenvalue weighted by molar-refractivity contribution is -0.121. The summed E-state index contributed by atoms with van der Waals surface area (Å²) in [6, 6.07) is 13.1. The highest BCUT2D eigenvalue weighted by Gasteiger charge is 2.16. The van der Waals surface area contributed by atoms with Crippen molar-refractivity contribution in [2.75, 3.05) is 31.7 Å². The Balaban J connectivity index is 1.74. The Morgan fingerprint density at radius 1 is 1.07 bits per heavy atom. The first kappa shape index (κ1) is 20.2. The molecule has 0 atom stereocenters. The Morgan fingerprint density at radius 2 is 1.74 bits per heavy atom. The van der Waals surface area contributed by atoms with E-state index in [4.69, 9.17) is 9.47 Å². The van der Waals surface area contributed by atoms with Crippen LogP contribution in [-0.4, -0.2) is 38.6 Å². The first-order valence-corrected chi connectivity index (χ1v) is 8.57. The Morgan fingerprint density at radius 3 is 2.37 bits per heavy atom. The van der Waals surface area contributed by atoms with Crippen LogP contribution >= 0.6 is 0 Å². The fraction of sp³-hybridized carbons (Fsp3) is 0.300. The number of nitrogens with zero attached hydrogens (tertiary/aromatic N) is 1. The molecule has 0 aliphatic rings. The van der Waals surface area contributed by atoms with Crippen LogP contribution in [0.25, 0.3) is 0 Å². The monoisotopic (exact) mass is 374 g/mol. The second kappa shape index (κ2) is 10.2. The van der Waals surface area contributed by atoms with Crippen molar-refractivity contribution in [1.82, 2.24) is 5.32 Å². The zero-order valence-electron chi connectivity index (χ0n) is 15.4. The van der Waals surface area contributed by atoms with Crippen molar-refractivity contribution >= 4 is 17.5 Å². The summed E-state index contributed by atoms with van der Waals surface area (Å²) in [7, 11) is 1.59. The van der Waals surface area contributed by atoms with E-state index in [1.165, 1.54) is 24.0 Å². The number of carbonyl (C=O) groups is 2. The van der Waals surface area contributed by atoms with E-state index in [0.717, 1.165) is 5.75 Å². The minimum Gasteiger partial charge on any atom is -0.497 e. The van der Waals surface area contributed by atoms with E-state index in [0.29, 0.717) is 18.9 Å². The number of benzene rings is 2. The molecule has 7 heteroatoms. The van der Waals surface area contributed by atoms with Crippen LogP contribution in [-0.2, 0) is 9.59 Å². The Labute approximate surface area is 157 Å². The molecule has 0 spiro atoms. The van der Waals surface area contributed by atoms with E-state index in [1.54, 1.807) is 43.5 Å². The van der Waals surface area contributed by atoms with Crippen molar-refractivity contribution < 1.29 is 23.5 Å². The molecule has 6 nitrogen and oxygen atoms in total. The average Bonchev–Trinajstić information content (AvgIpc) is 2.67. The molecule has 0 aromatic heterocycles. The highest BCUT2D eigenvalue weighted by molar-refractivity contribution is 5.92. The molecule has 27 heavy (non-hydrogen) atoms. The number of hydrogen-bond acceptors (Lipinski definition) is 4. The van der Waals surface area contributed by atoms with Crippen LogP contribution < -0.4 is 19.7 Å². The predicted octanol–water partition coefficient (Wildman–Crippen LogP) is 2.77. The molecule has 1 N–H and O–H groups in total. The first-order valence-electron chi connectivity index (χ1n) is 8.57. The van der Waals surface area contributed by atoms with Crippen molar-refractivity contribution in [1.29, 1.82) is 0 Å². The number of rotatable bonds is 9. The summed E-state index contributed by atoms with van der Waals surface area (Å²) in [6.07, 6.45) is 0.0659. The van der Waals surface area contributed by atoms with E-state index in [-0.39, 0.29) is 30.5 Å². The van der Waals surface area contributed by atoms with Gasteiger partial charge in [0.2, 0.25) is 11.8 Å². The maximum Gasteiger partial charge on any atom is 0.223 e. The van der Waals surface area contributed by atoms with Gasteiger partial charge in [-0.3, -0.25) is 9.59 Å². The van der Waals surface area contributed by atoms with Crippen molar-refractivity contribution in [3.63, 3.8) is 0 Å². The normalized spacial score (nSPS) is 10.2. The number of amides is 2. The third-order valence-electron chi connectivity index (χ3n) is 3.84. The van der Waals surface area contributed by atoms with Gasteiger partial charge < -0.3 is 19.7 Å². The van der Waals surface area contributed by atoms with Crippen LogP contribution in [0.5, 0.6) is 11.5 Å². The van der Waals surface area contributed by atoms with E-state index < -0.39 is 5.82 Å². The number of anilines is 1. The number of halogens is 1. The maximum absolute atomic E-state index is 13.9. The van der Waals surface area contributed by atoms with Gasteiger partial charge in [-0.1, -0.05) is 12.1 Å². The number of para-hydroxylation sites is 1. The Bertz CT molecular complexity index is 765. The molecule has 144 valence electrons. The lowest BCUT2D eigenvalue weighted by Crippen LogP contribution is -2.35. The molecule has 0 aliphatic heterocycles. The Hall–Kier alpha value is -3.09. The summed E-state index contributed by atoms with van der Waals surface area (Å²) in [6.45, 7) is 2.07. The van der Waals surface area contributed by atoms with Crippen LogP contribution in [0.3, 0.4) is 0 Å². The number of nitrogens with one attached hydrogen (secondary N) is 1. The number of carbonyl (C=O) groups excluding carboxylic acids is 2. The maximum atomic E-state index is 13.9. The lowest BCUT2D eigenvalue weighted by atomic mass is 10.2. The summed E-state index contributed by atoms with van der Waals surface area (Å²) in [4.78, 5) is 25.0. The van der Waals surface area contributed by atoms with E-state index >= 15 is 0 Å². The molecule has 0 bridgehead atoms. The topological polar surface area (TPSA) is 67.9 Å². The molecule has 2 amide bonds. The van der Waals surface area contributed by atoms with Gasteiger partial charge in [0, 0.05) is 19.9 Å². The molecular formula is C20H23FN2O4. The smallest absolute Gasteiger partial charge is 0.223 e. The van der Waals surface area contributed by atoms with Gasteiger partial charge in [-0.25, -0.2) is 4.39 Å². The molecule has 0 unspecified atom stereocenters. The van der Waals surface area contributed by atoms with Crippen LogP contribution in [0, 0.1) is 5.82 Å². The van der Waals surface area contributed by atoms with Crippen LogP contribution in [0.1, 0.15) is 13.3 Å². The molecule has 0 radical (unpaired) electrons. The Kier molecular flexibility index (Phi) is 7.61. The second-order valence-corrected chi connectivity index (χ2v) is 5.75. The van der Waals surface area contributed by atoms with Crippen LogP contribution in [0.15, 0.2) is 48.5 Å². The zero-order chi connectivity index (χ0) is 19.6. The predicted molar refractivity (Wildman–Crippen MR) is 101 cm³/mol. The van der Waals surface area contributed by atoms with Gasteiger partial charge in [0.05, 0.1) is 19.3 Å². The SMILES string of the molecule is COc1ccc(OCCNC(=O)CCN(C(C)=O)c2ccccc2F)cc1. The molecule has 0 heterocycles. The minimum absolute atomic E-state index is 0.0659. The molecule has 0 aliphatic carbocycles. The molecule has 2 rings (SSSR count). The highest BCUT2D eigenvalue weighted by Crippen LogP contribution is 2.19. The van der Waals surface area contributed by atoms with Gasteiger partial charge in [-0.05, 0) is 36.4 Å².